The molecule has 2 aromatic rings. The van der Waals surface area contributed by atoms with E-state index in [4.69, 9.17) is 4.74 Å². The molecule has 0 unspecified atom stereocenters. The van der Waals surface area contributed by atoms with E-state index in [1.54, 1.807) is 19.9 Å². The number of rotatable bonds is 3. The molecule has 0 aliphatic rings. The molecule has 0 spiro atoms. The van der Waals surface area contributed by atoms with Gasteiger partial charge in [0.15, 0.2) is 0 Å². The van der Waals surface area contributed by atoms with E-state index in [-0.39, 0.29) is 5.82 Å². The Morgan fingerprint density at radius 3 is 2.14 bits per heavy atom. The van der Waals surface area contributed by atoms with Crippen LogP contribution in [0, 0.1) is 19.7 Å². The minimum atomic E-state index is -0.914. The van der Waals surface area contributed by atoms with E-state index in [0.29, 0.717) is 11.5 Å². The molecule has 2 aromatic carbocycles. The van der Waals surface area contributed by atoms with E-state index in [2.05, 4.69) is 15.9 Å². The van der Waals surface area contributed by atoms with E-state index < -0.39 is 5.60 Å². The molecule has 0 saturated carbocycles. The van der Waals surface area contributed by atoms with Gasteiger partial charge in [0.2, 0.25) is 0 Å². The Morgan fingerprint density at radius 2 is 1.67 bits per heavy atom. The van der Waals surface area contributed by atoms with Crippen molar-refractivity contribution in [3.63, 3.8) is 0 Å². The van der Waals surface area contributed by atoms with E-state index in [9.17, 15) is 9.50 Å². The molecule has 2 nitrogen and oxygen atoms in total. The predicted molar refractivity (Wildman–Crippen MR) is 85.3 cm³/mol. The molecule has 0 atom stereocenters. The van der Waals surface area contributed by atoms with Crippen molar-refractivity contribution in [1.29, 1.82) is 0 Å². The molecule has 112 valence electrons. The lowest BCUT2D eigenvalue weighted by atomic mass is 9.98. The first-order valence-electron chi connectivity index (χ1n) is 6.65. The van der Waals surface area contributed by atoms with Gasteiger partial charge in [0, 0.05) is 0 Å². The van der Waals surface area contributed by atoms with Crippen molar-refractivity contribution >= 4 is 15.9 Å². The van der Waals surface area contributed by atoms with Gasteiger partial charge in [-0.05, 0) is 84.6 Å². The topological polar surface area (TPSA) is 29.5 Å². The summed E-state index contributed by atoms with van der Waals surface area (Å²) in [6, 6.07) is 8.32. The summed E-state index contributed by atoms with van der Waals surface area (Å²) in [5, 5.41) is 10.0. The number of aryl methyl sites for hydroxylation is 2. The zero-order valence-corrected chi connectivity index (χ0v) is 14.1. The number of halogens is 2. The molecule has 0 aromatic heterocycles. The second-order valence-corrected chi connectivity index (χ2v) is 6.53. The van der Waals surface area contributed by atoms with Crippen molar-refractivity contribution in [1.82, 2.24) is 0 Å². The molecule has 0 bridgehead atoms. The van der Waals surface area contributed by atoms with Crippen LogP contribution in [-0.2, 0) is 5.60 Å². The molecule has 0 heterocycles. The van der Waals surface area contributed by atoms with E-state index >= 15 is 0 Å². The highest BCUT2D eigenvalue weighted by Gasteiger charge is 2.18. The van der Waals surface area contributed by atoms with Gasteiger partial charge in [0.1, 0.15) is 17.3 Å². The van der Waals surface area contributed by atoms with Gasteiger partial charge in [0.25, 0.3) is 0 Å². The van der Waals surface area contributed by atoms with Gasteiger partial charge in [-0.25, -0.2) is 4.39 Å². The number of aliphatic hydroxyl groups is 1. The zero-order valence-electron chi connectivity index (χ0n) is 12.5. The molecule has 0 fully saturated rings. The van der Waals surface area contributed by atoms with Crippen LogP contribution < -0.4 is 4.74 Å². The second kappa shape index (κ2) is 5.78. The summed E-state index contributed by atoms with van der Waals surface area (Å²) in [6.45, 7) is 7.07. The first-order chi connectivity index (χ1) is 9.68. The monoisotopic (exact) mass is 352 g/mol. The van der Waals surface area contributed by atoms with Gasteiger partial charge in [-0.1, -0.05) is 6.07 Å². The van der Waals surface area contributed by atoms with E-state index in [1.165, 1.54) is 12.1 Å². The van der Waals surface area contributed by atoms with Crippen molar-refractivity contribution in [3.05, 3.63) is 57.3 Å². The maximum Gasteiger partial charge on any atom is 0.141 e. The number of benzene rings is 2. The van der Waals surface area contributed by atoms with Crippen LogP contribution in [0.3, 0.4) is 0 Å². The highest BCUT2D eigenvalue weighted by molar-refractivity contribution is 9.10. The fraction of sp³-hybridized carbons (Fsp3) is 0.294. The maximum atomic E-state index is 13.3. The van der Waals surface area contributed by atoms with Crippen LogP contribution in [0.1, 0.15) is 30.5 Å². The van der Waals surface area contributed by atoms with Crippen molar-refractivity contribution < 1.29 is 14.2 Å². The molecule has 0 aliphatic carbocycles. The van der Waals surface area contributed by atoms with Gasteiger partial charge < -0.3 is 9.84 Å². The molecule has 2 rings (SSSR count). The Balaban J connectivity index is 2.37. The maximum absolute atomic E-state index is 13.3. The first kappa shape index (κ1) is 16.0. The minimum absolute atomic E-state index is 0.270. The van der Waals surface area contributed by atoms with Crippen molar-refractivity contribution in [2.75, 3.05) is 0 Å². The summed E-state index contributed by atoms with van der Waals surface area (Å²) < 4.78 is 20.0. The van der Waals surface area contributed by atoms with Crippen molar-refractivity contribution in [3.8, 4) is 11.5 Å². The smallest absolute Gasteiger partial charge is 0.141 e. The minimum Gasteiger partial charge on any atom is -0.456 e. The third-order valence-electron chi connectivity index (χ3n) is 3.28. The molecule has 0 aliphatic heterocycles. The van der Waals surface area contributed by atoms with E-state index in [0.717, 1.165) is 21.2 Å². The summed E-state index contributed by atoms with van der Waals surface area (Å²) in [5.41, 5.74) is 1.36. The summed E-state index contributed by atoms with van der Waals surface area (Å²) in [4.78, 5) is 0. The van der Waals surface area contributed by atoms with Gasteiger partial charge in [-0.15, -0.1) is 0 Å². The van der Waals surface area contributed by atoms with Gasteiger partial charge in [-0.2, -0.15) is 0 Å². The molecule has 4 heteroatoms. The van der Waals surface area contributed by atoms with Crippen molar-refractivity contribution in [2.45, 2.75) is 33.3 Å². The highest BCUT2D eigenvalue weighted by Crippen LogP contribution is 2.36. The van der Waals surface area contributed by atoms with Crippen LogP contribution in [0.15, 0.2) is 34.8 Å². The lowest BCUT2D eigenvalue weighted by molar-refractivity contribution is 0.0785. The predicted octanol–water partition coefficient (Wildman–Crippen LogP) is 5.22. The Morgan fingerprint density at radius 1 is 1.10 bits per heavy atom. The molecule has 0 radical (unpaired) electrons. The number of hydrogen-bond donors (Lipinski definition) is 1. The Bertz CT molecular complexity index is 652. The summed E-state index contributed by atoms with van der Waals surface area (Å²) in [5.74, 6) is 1.00. The van der Waals surface area contributed by atoms with Crippen LogP contribution in [0.25, 0.3) is 0 Å². The average molecular weight is 353 g/mol. The standard InChI is InChI=1S/C17H18BrFO2/c1-10-7-13(19)8-11(2)16(10)21-15-6-5-12(9-14(15)18)17(3,4)20/h5-9,20H,1-4H3. The van der Waals surface area contributed by atoms with Crippen LogP contribution in [0.4, 0.5) is 4.39 Å². The zero-order chi connectivity index (χ0) is 15.8. The lowest BCUT2D eigenvalue weighted by Crippen LogP contribution is -2.15. The molecule has 0 saturated heterocycles. The highest BCUT2D eigenvalue weighted by atomic mass is 79.9. The van der Waals surface area contributed by atoms with Crippen molar-refractivity contribution in [2.24, 2.45) is 0 Å². The molecular formula is C17H18BrFO2. The Labute approximate surface area is 132 Å². The Kier molecular flexibility index (Phi) is 4.40. The Hall–Kier alpha value is -1.39. The fourth-order valence-electron chi connectivity index (χ4n) is 2.13. The third-order valence-corrected chi connectivity index (χ3v) is 3.90. The molecule has 21 heavy (non-hydrogen) atoms. The average Bonchev–Trinajstić information content (AvgIpc) is 2.33. The fourth-order valence-corrected chi connectivity index (χ4v) is 2.59. The van der Waals surface area contributed by atoms with Gasteiger partial charge in [0.05, 0.1) is 10.1 Å². The summed E-state index contributed by atoms with van der Waals surface area (Å²) in [6.07, 6.45) is 0. The summed E-state index contributed by atoms with van der Waals surface area (Å²) >= 11 is 3.45. The normalized spacial score (nSPS) is 11.6. The van der Waals surface area contributed by atoms with Crippen LogP contribution in [0.5, 0.6) is 11.5 Å². The molecule has 0 amide bonds. The SMILES string of the molecule is Cc1cc(F)cc(C)c1Oc1ccc(C(C)(C)O)cc1Br. The number of hydrogen-bond acceptors (Lipinski definition) is 2. The van der Waals surface area contributed by atoms with Crippen LogP contribution in [-0.4, -0.2) is 5.11 Å². The first-order valence-corrected chi connectivity index (χ1v) is 7.45. The molecule has 1 N–H and O–H groups in total. The lowest BCUT2D eigenvalue weighted by Gasteiger charge is -2.19. The van der Waals surface area contributed by atoms with Gasteiger partial charge >= 0.3 is 0 Å². The molecular weight excluding hydrogens is 335 g/mol. The largest absolute Gasteiger partial charge is 0.456 e. The van der Waals surface area contributed by atoms with E-state index in [1.807, 2.05) is 26.0 Å². The number of ether oxygens (including phenoxy) is 1. The van der Waals surface area contributed by atoms with Gasteiger partial charge in [-0.3, -0.25) is 0 Å². The quantitative estimate of drug-likeness (QED) is 0.819. The third kappa shape index (κ3) is 3.63. The van der Waals surface area contributed by atoms with Crippen LogP contribution >= 0.6 is 15.9 Å². The second-order valence-electron chi connectivity index (χ2n) is 5.67. The van der Waals surface area contributed by atoms with Crippen LogP contribution in [0.2, 0.25) is 0 Å². The summed E-state index contributed by atoms with van der Waals surface area (Å²) in [7, 11) is 0.